The van der Waals surface area contributed by atoms with E-state index in [0.717, 1.165) is 29.8 Å². The van der Waals surface area contributed by atoms with Crippen molar-refractivity contribution in [2.24, 2.45) is 10.7 Å². The number of pyridine rings is 1. The van der Waals surface area contributed by atoms with Gasteiger partial charge in [-0.05, 0) is 75.4 Å². The van der Waals surface area contributed by atoms with Gasteiger partial charge in [0.25, 0.3) is 0 Å². The van der Waals surface area contributed by atoms with Gasteiger partial charge in [-0.15, -0.1) is 24.0 Å². The third-order valence-corrected chi connectivity index (χ3v) is 4.32. The lowest BCUT2D eigenvalue weighted by Gasteiger charge is -2.12. The van der Waals surface area contributed by atoms with Crippen LogP contribution >= 0.6 is 24.0 Å². The Labute approximate surface area is 184 Å². The number of anilines is 1. The van der Waals surface area contributed by atoms with Gasteiger partial charge in [0.1, 0.15) is 11.9 Å². The molecule has 1 heterocycles. The zero-order chi connectivity index (χ0) is 19.1. The van der Waals surface area contributed by atoms with E-state index in [1.165, 1.54) is 12.8 Å². The summed E-state index contributed by atoms with van der Waals surface area (Å²) >= 11 is 0. The number of halogens is 1. The Morgan fingerprint density at radius 3 is 2.61 bits per heavy atom. The van der Waals surface area contributed by atoms with Crippen molar-refractivity contribution in [3.05, 3.63) is 48.2 Å². The first-order valence-electron chi connectivity index (χ1n) is 9.54. The second-order valence-corrected chi connectivity index (χ2v) is 7.04. The highest BCUT2D eigenvalue weighted by Gasteiger charge is 2.16. The van der Waals surface area contributed by atoms with Crippen LogP contribution in [0.3, 0.4) is 0 Å². The molecular weight excluding hydrogens is 467 g/mol. The molecule has 0 amide bonds. The summed E-state index contributed by atoms with van der Waals surface area (Å²) in [6, 6.07) is 11.5. The zero-order valence-electron chi connectivity index (χ0n) is 16.4. The van der Waals surface area contributed by atoms with Gasteiger partial charge in [0.2, 0.25) is 5.88 Å². The minimum absolute atomic E-state index is 0. The van der Waals surface area contributed by atoms with Crippen molar-refractivity contribution in [3.63, 3.8) is 0 Å². The Kier molecular flexibility index (Phi) is 8.82. The molecule has 3 N–H and O–H groups in total. The standard InChI is InChI=1S/C21H28N4O2.HI/c1-15(2)26-19-9-7-17(8-10-19)25-21(22)24-14-16-11-12-23-20(13-16)27-18-5-3-4-6-18;/h7-13,15,18H,3-6,14H2,1-2H3,(H3,22,24,25);1H. The summed E-state index contributed by atoms with van der Waals surface area (Å²) in [5, 5.41) is 3.09. The van der Waals surface area contributed by atoms with Crippen molar-refractivity contribution < 1.29 is 9.47 Å². The predicted molar refractivity (Wildman–Crippen MR) is 124 cm³/mol. The number of guanidine groups is 1. The first kappa shape index (κ1) is 22.3. The first-order valence-corrected chi connectivity index (χ1v) is 9.54. The lowest BCUT2D eigenvalue weighted by Crippen LogP contribution is -2.22. The van der Waals surface area contributed by atoms with E-state index in [2.05, 4.69) is 15.3 Å². The maximum absolute atomic E-state index is 6.00. The van der Waals surface area contributed by atoms with Crippen LogP contribution in [0.15, 0.2) is 47.6 Å². The maximum Gasteiger partial charge on any atom is 0.213 e. The molecule has 0 saturated heterocycles. The Balaban J connectivity index is 0.00000280. The highest BCUT2D eigenvalue weighted by Crippen LogP contribution is 2.23. The number of hydrogen-bond acceptors (Lipinski definition) is 4. The zero-order valence-corrected chi connectivity index (χ0v) is 18.8. The van der Waals surface area contributed by atoms with E-state index < -0.39 is 0 Å². The van der Waals surface area contributed by atoms with Gasteiger partial charge in [-0.1, -0.05) is 0 Å². The van der Waals surface area contributed by atoms with E-state index >= 15 is 0 Å². The van der Waals surface area contributed by atoms with Crippen molar-refractivity contribution >= 4 is 35.6 Å². The van der Waals surface area contributed by atoms with Gasteiger partial charge >= 0.3 is 0 Å². The van der Waals surface area contributed by atoms with Crippen molar-refractivity contribution in [1.29, 1.82) is 0 Å². The summed E-state index contributed by atoms with van der Waals surface area (Å²) in [5.41, 5.74) is 7.89. The number of benzene rings is 1. The van der Waals surface area contributed by atoms with Crippen LogP contribution in [-0.4, -0.2) is 23.2 Å². The Morgan fingerprint density at radius 2 is 1.93 bits per heavy atom. The number of nitrogens with zero attached hydrogens (tertiary/aromatic N) is 2. The van der Waals surface area contributed by atoms with Gasteiger partial charge < -0.3 is 20.5 Å². The van der Waals surface area contributed by atoms with Crippen LogP contribution in [0.25, 0.3) is 0 Å². The van der Waals surface area contributed by atoms with Gasteiger partial charge in [0.15, 0.2) is 5.96 Å². The van der Waals surface area contributed by atoms with E-state index in [0.29, 0.717) is 24.5 Å². The average molecular weight is 496 g/mol. The molecule has 1 fully saturated rings. The molecule has 1 saturated carbocycles. The molecule has 3 rings (SSSR count). The highest BCUT2D eigenvalue weighted by molar-refractivity contribution is 14.0. The van der Waals surface area contributed by atoms with Crippen LogP contribution in [0.1, 0.15) is 45.1 Å². The predicted octanol–water partition coefficient (Wildman–Crippen LogP) is 4.74. The molecule has 0 spiro atoms. The van der Waals surface area contributed by atoms with Crippen molar-refractivity contribution in [3.8, 4) is 11.6 Å². The SMILES string of the molecule is CC(C)Oc1ccc(NC(N)=NCc2ccnc(OC3CCCC3)c2)cc1.I. The molecule has 1 aromatic heterocycles. The Morgan fingerprint density at radius 1 is 1.21 bits per heavy atom. The van der Waals surface area contributed by atoms with Gasteiger partial charge in [-0.3, -0.25) is 0 Å². The monoisotopic (exact) mass is 496 g/mol. The van der Waals surface area contributed by atoms with Crippen LogP contribution in [0.5, 0.6) is 11.6 Å². The third kappa shape index (κ3) is 7.18. The average Bonchev–Trinajstić information content (AvgIpc) is 3.15. The molecular formula is C21H29IN4O2. The molecule has 28 heavy (non-hydrogen) atoms. The number of nitrogens with two attached hydrogens (primary N) is 1. The molecule has 0 radical (unpaired) electrons. The minimum Gasteiger partial charge on any atom is -0.491 e. The number of ether oxygens (including phenoxy) is 2. The number of hydrogen-bond donors (Lipinski definition) is 2. The largest absolute Gasteiger partial charge is 0.491 e. The smallest absolute Gasteiger partial charge is 0.213 e. The second kappa shape index (κ2) is 11.1. The summed E-state index contributed by atoms with van der Waals surface area (Å²) in [7, 11) is 0. The molecule has 6 nitrogen and oxygen atoms in total. The molecule has 2 aromatic rings. The topological polar surface area (TPSA) is 81.8 Å². The number of aromatic nitrogens is 1. The number of nitrogens with one attached hydrogen (secondary N) is 1. The fourth-order valence-corrected chi connectivity index (χ4v) is 3.04. The second-order valence-electron chi connectivity index (χ2n) is 7.04. The summed E-state index contributed by atoms with van der Waals surface area (Å²) in [4.78, 5) is 8.70. The lowest BCUT2D eigenvalue weighted by molar-refractivity contribution is 0.201. The van der Waals surface area contributed by atoms with Gasteiger partial charge in [0, 0.05) is 18.0 Å². The molecule has 7 heteroatoms. The van der Waals surface area contributed by atoms with E-state index in [9.17, 15) is 0 Å². The van der Waals surface area contributed by atoms with Crippen LogP contribution < -0.4 is 20.5 Å². The maximum atomic E-state index is 6.00. The van der Waals surface area contributed by atoms with Crippen molar-refractivity contribution in [2.75, 3.05) is 5.32 Å². The summed E-state index contributed by atoms with van der Waals surface area (Å²) in [6.07, 6.45) is 6.91. The van der Waals surface area contributed by atoms with Gasteiger partial charge in [-0.25, -0.2) is 9.98 Å². The summed E-state index contributed by atoms with van der Waals surface area (Å²) in [6.45, 7) is 4.47. The lowest BCUT2D eigenvalue weighted by atomic mass is 10.2. The van der Waals surface area contributed by atoms with Gasteiger partial charge in [0.05, 0.1) is 12.6 Å². The van der Waals surface area contributed by atoms with Crippen LogP contribution in [0, 0.1) is 0 Å². The fraction of sp³-hybridized carbons (Fsp3) is 0.429. The quantitative estimate of drug-likeness (QED) is 0.329. The van der Waals surface area contributed by atoms with Crippen molar-refractivity contribution in [1.82, 2.24) is 4.98 Å². The van der Waals surface area contributed by atoms with E-state index in [-0.39, 0.29) is 30.1 Å². The van der Waals surface area contributed by atoms with Crippen LogP contribution in [-0.2, 0) is 6.54 Å². The Hall–Kier alpha value is -2.03. The third-order valence-electron chi connectivity index (χ3n) is 4.32. The molecule has 0 atom stereocenters. The highest BCUT2D eigenvalue weighted by atomic mass is 127. The summed E-state index contributed by atoms with van der Waals surface area (Å²) < 4.78 is 11.6. The van der Waals surface area contributed by atoms with Crippen LogP contribution in [0.4, 0.5) is 5.69 Å². The number of rotatable bonds is 7. The molecule has 0 unspecified atom stereocenters. The minimum atomic E-state index is 0. The molecule has 1 aromatic carbocycles. The van der Waals surface area contributed by atoms with E-state index in [1.807, 2.05) is 50.2 Å². The Bertz CT molecular complexity index is 759. The molecule has 0 bridgehead atoms. The molecule has 1 aliphatic carbocycles. The summed E-state index contributed by atoms with van der Waals surface area (Å²) in [5.74, 6) is 1.86. The molecule has 152 valence electrons. The molecule has 0 aliphatic heterocycles. The molecule has 1 aliphatic rings. The van der Waals surface area contributed by atoms with Crippen molar-refractivity contribution in [2.45, 2.75) is 58.3 Å². The number of aliphatic imine (C=N–C) groups is 1. The van der Waals surface area contributed by atoms with Crippen LogP contribution in [0.2, 0.25) is 0 Å². The first-order chi connectivity index (χ1) is 13.1. The van der Waals surface area contributed by atoms with E-state index in [4.69, 9.17) is 15.2 Å². The normalized spacial score (nSPS) is 14.6. The fourth-order valence-electron chi connectivity index (χ4n) is 3.04. The van der Waals surface area contributed by atoms with E-state index in [1.54, 1.807) is 6.20 Å². The van der Waals surface area contributed by atoms with Gasteiger partial charge in [-0.2, -0.15) is 0 Å².